The van der Waals surface area contributed by atoms with Crippen molar-refractivity contribution in [3.63, 3.8) is 0 Å². The zero-order valence-electron chi connectivity index (χ0n) is 18.9. The lowest BCUT2D eigenvalue weighted by Crippen LogP contribution is -2.35. The van der Waals surface area contributed by atoms with Gasteiger partial charge in [0.1, 0.15) is 18.0 Å². The van der Waals surface area contributed by atoms with Gasteiger partial charge in [-0.3, -0.25) is 4.79 Å². The smallest absolute Gasteiger partial charge is 0.254 e. The van der Waals surface area contributed by atoms with Crippen molar-refractivity contribution in [1.29, 1.82) is 0 Å². The second kappa shape index (κ2) is 9.23. The Morgan fingerprint density at radius 2 is 1.97 bits per heavy atom. The predicted octanol–water partition coefficient (Wildman–Crippen LogP) is 4.34. The van der Waals surface area contributed by atoms with Gasteiger partial charge < -0.3 is 18.9 Å². The van der Waals surface area contributed by atoms with Crippen LogP contribution in [0.15, 0.2) is 54.2 Å². The van der Waals surface area contributed by atoms with Gasteiger partial charge in [0.2, 0.25) is 0 Å². The first-order valence-corrected chi connectivity index (χ1v) is 12.1. The lowest BCUT2D eigenvalue weighted by Gasteiger charge is -2.22. The molecule has 3 aromatic heterocycles. The SMILES string of the molecule is Cc1ccc2nc(COc3cccc(C(=O)N4CCCN(c5nc(C)cs5)CC4)c3)cn2c1. The third-order valence-corrected chi connectivity index (χ3v) is 6.80. The summed E-state index contributed by atoms with van der Waals surface area (Å²) in [6.45, 7) is 7.55. The molecule has 1 aliphatic rings. The molecule has 5 rings (SSSR count). The Bertz CT molecular complexity index is 1280. The van der Waals surface area contributed by atoms with Crippen LogP contribution in [0.25, 0.3) is 5.65 Å². The molecule has 0 aliphatic carbocycles. The number of hydrogen-bond acceptors (Lipinski definition) is 6. The van der Waals surface area contributed by atoms with Gasteiger partial charge in [-0.1, -0.05) is 12.1 Å². The highest BCUT2D eigenvalue weighted by Gasteiger charge is 2.22. The number of fused-ring (bicyclic) bond motifs is 1. The van der Waals surface area contributed by atoms with E-state index in [2.05, 4.69) is 27.2 Å². The third-order valence-electron chi connectivity index (χ3n) is 5.78. The van der Waals surface area contributed by atoms with Crippen molar-refractivity contribution in [2.75, 3.05) is 31.1 Å². The molecule has 8 heteroatoms. The number of ether oxygens (including phenoxy) is 1. The normalized spacial score (nSPS) is 14.5. The van der Waals surface area contributed by atoms with Gasteiger partial charge in [-0.15, -0.1) is 11.3 Å². The molecule has 0 spiro atoms. The number of imidazole rings is 1. The highest BCUT2D eigenvalue weighted by atomic mass is 32.1. The molecule has 1 aromatic carbocycles. The first-order chi connectivity index (χ1) is 16.0. The van der Waals surface area contributed by atoms with Gasteiger partial charge in [0, 0.05) is 49.5 Å². The minimum Gasteiger partial charge on any atom is -0.487 e. The average molecular weight is 462 g/mol. The summed E-state index contributed by atoms with van der Waals surface area (Å²) in [6, 6.07) is 11.5. The number of thiazole rings is 1. The average Bonchev–Trinajstić information content (AvgIpc) is 3.35. The van der Waals surface area contributed by atoms with Crippen LogP contribution in [0.3, 0.4) is 0 Å². The fourth-order valence-electron chi connectivity index (χ4n) is 4.08. The lowest BCUT2D eigenvalue weighted by atomic mass is 10.2. The number of carbonyl (C=O) groups excluding carboxylic acids is 1. The van der Waals surface area contributed by atoms with Crippen molar-refractivity contribution in [3.05, 3.63) is 76.7 Å². The summed E-state index contributed by atoms with van der Waals surface area (Å²) in [5.41, 5.74) is 4.62. The summed E-state index contributed by atoms with van der Waals surface area (Å²) >= 11 is 1.67. The number of benzene rings is 1. The summed E-state index contributed by atoms with van der Waals surface area (Å²) in [6.07, 6.45) is 4.95. The standard InChI is InChI=1S/C25H27N5O2S/c1-18-7-8-23-27-21(15-30(23)14-18)16-32-22-6-3-5-20(13-22)24(31)28-9-4-10-29(12-11-28)25-26-19(2)17-33-25/h3,5-8,13-15,17H,4,9-12,16H2,1-2H3. The van der Waals surface area contributed by atoms with E-state index >= 15 is 0 Å². The maximum atomic E-state index is 13.2. The van der Waals surface area contributed by atoms with E-state index in [1.54, 1.807) is 11.3 Å². The summed E-state index contributed by atoms with van der Waals surface area (Å²) < 4.78 is 7.97. The van der Waals surface area contributed by atoms with E-state index in [4.69, 9.17) is 4.74 Å². The number of carbonyl (C=O) groups is 1. The minimum atomic E-state index is 0.0424. The molecule has 4 heterocycles. The molecule has 4 aromatic rings. The van der Waals surface area contributed by atoms with Gasteiger partial charge in [0.25, 0.3) is 5.91 Å². The van der Waals surface area contributed by atoms with Crippen molar-refractivity contribution in [1.82, 2.24) is 19.3 Å². The third kappa shape index (κ3) is 4.85. The second-order valence-electron chi connectivity index (χ2n) is 8.42. The van der Waals surface area contributed by atoms with Crippen LogP contribution < -0.4 is 9.64 Å². The molecule has 1 saturated heterocycles. The Balaban J connectivity index is 1.23. The van der Waals surface area contributed by atoms with E-state index in [-0.39, 0.29) is 5.91 Å². The molecule has 0 N–H and O–H groups in total. The Morgan fingerprint density at radius 3 is 2.82 bits per heavy atom. The number of rotatable bonds is 5. The molecule has 1 aliphatic heterocycles. The molecular formula is C25H27N5O2S. The van der Waals surface area contributed by atoms with E-state index in [0.29, 0.717) is 24.5 Å². The number of anilines is 1. The molecule has 0 unspecified atom stereocenters. The van der Waals surface area contributed by atoms with Crippen LogP contribution in [0.1, 0.15) is 33.7 Å². The molecule has 0 radical (unpaired) electrons. The van der Waals surface area contributed by atoms with E-state index in [1.807, 2.05) is 65.0 Å². The van der Waals surface area contributed by atoms with Crippen LogP contribution in [0.4, 0.5) is 5.13 Å². The van der Waals surface area contributed by atoms with E-state index in [1.165, 1.54) is 5.56 Å². The summed E-state index contributed by atoms with van der Waals surface area (Å²) in [5, 5.41) is 3.11. The fourth-order valence-corrected chi connectivity index (χ4v) is 4.94. The fraction of sp³-hybridized carbons (Fsp3) is 0.320. The molecule has 1 fully saturated rings. The number of aryl methyl sites for hydroxylation is 2. The predicted molar refractivity (Wildman–Crippen MR) is 130 cm³/mol. The summed E-state index contributed by atoms with van der Waals surface area (Å²) in [4.78, 5) is 26.6. The van der Waals surface area contributed by atoms with Gasteiger partial charge in [-0.25, -0.2) is 9.97 Å². The van der Waals surface area contributed by atoms with Crippen molar-refractivity contribution < 1.29 is 9.53 Å². The van der Waals surface area contributed by atoms with Crippen molar-refractivity contribution in [3.8, 4) is 5.75 Å². The van der Waals surface area contributed by atoms with Crippen LogP contribution in [-0.4, -0.2) is 51.4 Å². The zero-order chi connectivity index (χ0) is 22.8. The highest BCUT2D eigenvalue weighted by Crippen LogP contribution is 2.23. The molecule has 0 saturated carbocycles. The zero-order valence-corrected chi connectivity index (χ0v) is 19.7. The molecule has 0 atom stereocenters. The van der Waals surface area contributed by atoms with E-state index < -0.39 is 0 Å². The quantitative estimate of drug-likeness (QED) is 0.442. The minimum absolute atomic E-state index is 0.0424. The molecule has 1 amide bonds. The van der Waals surface area contributed by atoms with Crippen LogP contribution in [0.5, 0.6) is 5.75 Å². The molecule has 0 bridgehead atoms. The monoisotopic (exact) mass is 461 g/mol. The Kier molecular flexibility index (Phi) is 6.00. The Morgan fingerprint density at radius 1 is 1.06 bits per heavy atom. The second-order valence-corrected chi connectivity index (χ2v) is 9.26. The topological polar surface area (TPSA) is 63.0 Å². The van der Waals surface area contributed by atoms with Gasteiger partial charge in [-0.2, -0.15) is 0 Å². The van der Waals surface area contributed by atoms with E-state index in [9.17, 15) is 4.79 Å². The van der Waals surface area contributed by atoms with Crippen molar-refractivity contribution >= 4 is 28.0 Å². The molecular weight excluding hydrogens is 434 g/mol. The van der Waals surface area contributed by atoms with Crippen LogP contribution in [0, 0.1) is 13.8 Å². The summed E-state index contributed by atoms with van der Waals surface area (Å²) in [7, 11) is 0. The van der Waals surface area contributed by atoms with Gasteiger partial charge in [0.05, 0.1) is 11.4 Å². The maximum absolute atomic E-state index is 13.2. The lowest BCUT2D eigenvalue weighted by molar-refractivity contribution is 0.0766. The summed E-state index contributed by atoms with van der Waals surface area (Å²) in [5.74, 6) is 0.713. The Hall–Kier alpha value is -3.39. The van der Waals surface area contributed by atoms with Crippen LogP contribution >= 0.6 is 11.3 Å². The van der Waals surface area contributed by atoms with Gasteiger partial charge >= 0.3 is 0 Å². The number of aromatic nitrogens is 3. The number of amides is 1. The largest absolute Gasteiger partial charge is 0.487 e. The van der Waals surface area contributed by atoms with Gasteiger partial charge in [0.15, 0.2) is 5.13 Å². The molecule has 33 heavy (non-hydrogen) atoms. The first-order valence-electron chi connectivity index (χ1n) is 11.2. The van der Waals surface area contributed by atoms with Crippen molar-refractivity contribution in [2.24, 2.45) is 0 Å². The van der Waals surface area contributed by atoms with E-state index in [0.717, 1.165) is 48.2 Å². The highest BCUT2D eigenvalue weighted by molar-refractivity contribution is 7.13. The van der Waals surface area contributed by atoms with Crippen LogP contribution in [0.2, 0.25) is 0 Å². The van der Waals surface area contributed by atoms with Crippen LogP contribution in [-0.2, 0) is 6.61 Å². The number of nitrogens with zero attached hydrogens (tertiary/aromatic N) is 5. The number of pyridine rings is 1. The molecule has 7 nitrogen and oxygen atoms in total. The first kappa shape index (κ1) is 21.5. The number of hydrogen-bond donors (Lipinski definition) is 0. The molecule has 170 valence electrons. The maximum Gasteiger partial charge on any atom is 0.254 e. The van der Waals surface area contributed by atoms with Crippen molar-refractivity contribution in [2.45, 2.75) is 26.9 Å². The Labute approximate surface area is 197 Å². The van der Waals surface area contributed by atoms with Gasteiger partial charge in [-0.05, 0) is 50.1 Å².